The molecule has 1 rings (SSSR count). The molecule has 0 fully saturated rings. The summed E-state index contributed by atoms with van der Waals surface area (Å²) < 4.78 is 0. The van der Waals surface area contributed by atoms with Gasteiger partial charge in [0.05, 0.1) is 5.71 Å². The van der Waals surface area contributed by atoms with Crippen molar-refractivity contribution in [3.8, 4) is 0 Å². The van der Waals surface area contributed by atoms with Crippen molar-refractivity contribution in [3.63, 3.8) is 0 Å². The molecule has 0 radical (unpaired) electrons. The Morgan fingerprint density at radius 2 is 2.14 bits per heavy atom. The first-order valence-electron chi connectivity index (χ1n) is 4.36. The Bertz CT molecular complexity index is 375. The Hall–Kier alpha value is -1.71. The van der Waals surface area contributed by atoms with E-state index in [2.05, 4.69) is 15.0 Å². The number of anilines is 1. The van der Waals surface area contributed by atoms with E-state index >= 15 is 0 Å². The fourth-order valence-electron chi connectivity index (χ4n) is 0.831. The molecular weight excluding hydrogens is 176 g/mol. The zero-order valence-corrected chi connectivity index (χ0v) is 8.65. The summed E-state index contributed by atoms with van der Waals surface area (Å²) in [5.41, 5.74) is 7.43. The van der Waals surface area contributed by atoms with Crippen molar-refractivity contribution >= 4 is 11.5 Å². The molecule has 0 atom stereocenters. The number of aromatic nitrogens is 2. The fourth-order valence-corrected chi connectivity index (χ4v) is 0.831. The summed E-state index contributed by atoms with van der Waals surface area (Å²) in [6.07, 6.45) is 3.40. The van der Waals surface area contributed by atoms with Crippen LogP contribution in [0.3, 0.4) is 0 Å². The second-order valence-electron chi connectivity index (χ2n) is 3.23. The molecule has 4 heteroatoms. The minimum atomic E-state index is 0.460. The van der Waals surface area contributed by atoms with Gasteiger partial charge in [-0.25, -0.2) is 9.97 Å². The lowest BCUT2D eigenvalue weighted by Gasteiger charge is -1.98. The second-order valence-corrected chi connectivity index (χ2v) is 3.23. The fraction of sp³-hybridized carbons (Fsp3) is 0.300. The van der Waals surface area contributed by atoms with E-state index in [4.69, 9.17) is 5.73 Å². The molecule has 0 spiro atoms. The van der Waals surface area contributed by atoms with Crippen molar-refractivity contribution in [1.82, 2.24) is 9.97 Å². The third-order valence-corrected chi connectivity index (χ3v) is 1.52. The topological polar surface area (TPSA) is 64.2 Å². The van der Waals surface area contributed by atoms with Crippen LogP contribution in [-0.4, -0.2) is 15.7 Å². The molecule has 0 saturated heterocycles. The molecule has 0 aliphatic carbocycles. The number of allylic oxidation sites excluding steroid dienone is 1. The predicted octanol–water partition coefficient (Wildman–Crippen LogP) is 1.79. The number of rotatable bonds is 2. The number of nitrogens with two attached hydrogens (primary N) is 1. The van der Waals surface area contributed by atoms with Crippen LogP contribution in [0.5, 0.6) is 0 Å². The monoisotopic (exact) mass is 190 g/mol. The SMILES string of the molecule is CC(C)=CN=C(C)c1nccc(N)n1. The van der Waals surface area contributed by atoms with Crippen LogP contribution in [0.25, 0.3) is 0 Å². The highest BCUT2D eigenvalue weighted by molar-refractivity contribution is 5.95. The van der Waals surface area contributed by atoms with Crippen molar-refractivity contribution in [2.45, 2.75) is 20.8 Å². The number of hydrogen-bond acceptors (Lipinski definition) is 4. The molecular formula is C10H14N4. The van der Waals surface area contributed by atoms with Crippen LogP contribution in [0.4, 0.5) is 5.82 Å². The first-order valence-corrected chi connectivity index (χ1v) is 4.36. The van der Waals surface area contributed by atoms with Gasteiger partial charge in [-0.3, -0.25) is 4.99 Å². The first kappa shape index (κ1) is 10.4. The van der Waals surface area contributed by atoms with Gasteiger partial charge >= 0.3 is 0 Å². The molecule has 0 aliphatic rings. The maximum atomic E-state index is 5.53. The Morgan fingerprint density at radius 1 is 1.43 bits per heavy atom. The summed E-state index contributed by atoms with van der Waals surface area (Å²) in [6.45, 7) is 5.82. The van der Waals surface area contributed by atoms with E-state index in [1.54, 1.807) is 18.5 Å². The maximum absolute atomic E-state index is 5.53. The van der Waals surface area contributed by atoms with Crippen LogP contribution < -0.4 is 5.73 Å². The standard InChI is InChI=1S/C10H14N4/c1-7(2)6-13-8(3)10-12-5-4-9(11)14-10/h4-6H,1-3H3,(H2,11,12,14). The van der Waals surface area contributed by atoms with E-state index in [1.165, 1.54) is 0 Å². The highest BCUT2D eigenvalue weighted by Crippen LogP contribution is 1.99. The van der Waals surface area contributed by atoms with Gasteiger partial charge in [0.25, 0.3) is 0 Å². The van der Waals surface area contributed by atoms with Crippen molar-refractivity contribution in [2.24, 2.45) is 4.99 Å². The van der Waals surface area contributed by atoms with Crippen LogP contribution in [0.1, 0.15) is 26.6 Å². The van der Waals surface area contributed by atoms with Crippen molar-refractivity contribution < 1.29 is 0 Å². The molecule has 14 heavy (non-hydrogen) atoms. The minimum absolute atomic E-state index is 0.460. The maximum Gasteiger partial charge on any atom is 0.175 e. The van der Waals surface area contributed by atoms with Gasteiger partial charge in [-0.2, -0.15) is 0 Å². The molecule has 74 valence electrons. The van der Waals surface area contributed by atoms with Gasteiger partial charge in [0.15, 0.2) is 5.82 Å². The quantitative estimate of drug-likeness (QED) is 0.723. The summed E-state index contributed by atoms with van der Waals surface area (Å²) in [6, 6.07) is 1.65. The number of hydrogen-bond donors (Lipinski definition) is 1. The summed E-state index contributed by atoms with van der Waals surface area (Å²) >= 11 is 0. The van der Waals surface area contributed by atoms with Crippen molar-refractivity contribution in [3.05, 3.63) is 29.9 Å². The van der Waals surface area contributed by atoms with Crippen LogP contribution in [0, 0.1) is 0 Å². The zero-order chi connectivity index (χ0) is 10.6. The van der Waals surface area contributed by atoms with Crippen LogP contribution >= 0.6 is 0 Å². The third-order valence-electron chi connectivity index (χ3n) is 1.52. The van der Waals surface area contributed by atoms with E-state index in [0.717, 1.165) is 11.3 Å². The number of nitrogen functional groups attached to an aromatic ring is 1. The lowest BCUT2D eigenvalue weighted by molar-refractivity contribution is 1.13. The lowest BCUT2D eigenvalue weighted by Crippen LogP contribution is -2.03. The van der Waals surface area contributed by atoms with E-state index in [0.29, 0.717) is 11.6 Å². The number of aliphatic imine (C=N–C) groups is 1. The highest BCUT2D eigenvalue weighted by atomic mass is 15.0. The van der Waals surface area contributed by atoms with Gasteiger partial charge in [0, 0.05) is 12.4 Å². The third kappa shape index (κ3) is 2.97. The molecule has 0 bridgehead atoms. The van der Waals surface area contributed by atoms with E-state index in [1.807, 2.05) is 20.8 Å². The highest BCUT2D eigenvalue weighted by Gasteiger charge is 1.99. The molecule has 1 aromatic rings. The summed E-state index contributed by atoms with van der Waals surface area (Å²) in [5.74, 6) is 1.03. The molecule has 0 saturated carbocycles. The molecule has 1 heterocycles. The van der Waals surface area contributed by atoms with E-state index in [9.17, 15) is 0 Å². The van der Waals surface area contributed by atoms with Crippen LogP contribution in [0.2, 0.25) is 0 Å². The molecule has 2 N–H and O–H groups in total. The smallest absolute Gasteiger partial charge is 0.175 e. The average molecular weight is 190 g/mol. The predicted molar refractivity (Wildman–Crippen MR) is 58.1 cm³/mol. The average Bonchev–Trinajstić information content (AvgIpc) is 2.14. The van der Waals surface area contributed by atoms with Gasteiger partial charge in [0.1, 0.15) is 5.82 Å². The Morgan fingerprint density at radius 3 is 2.71 bits per heavy atom. The van der Waals surface area contributed by atoms with Crippen LogP contribution in [-0.2, 0) is 0 Å². The molecule has 1 aromatic heterocycles. The Labute approximate surface area is 83.6 Å². The second kappa shape index (κ2) is 4.50. The summed E-state index contributed by atoms with van der Waals surface area (Å²) in [4.78, 5) is 12.3. The minimum Gasteiger partial charge on any atom is -0.384 e. The van der Waals surface area contributed by atoms with E-state index < -0.39 is 0 Å². The normalized spacial score (nSPS) is 11.2. The van der Waals surface area contributed by atoms with Gasteiger partial charge in [-0.1, -0.05) is 5.57 Å². The van der Waals surface area contributed by atoms with E-state index in [-0.39, 0.29) is 0 Å². The molecule has 0 aromatic carbocycles. The molecule has 0 unspecified atom stereocenters. The zero-order valence-electron chi connectivity index (χ0n) is 8.65. The molecule has 0 amide bonds. The molecule has 4 nitrogen and oxygen atoms in total. The van der Waals surface area contributed by atoms with Gasteiger partial charge in [-0.05, 0) is 26.8 Å². The first-order chi connectivity index (χ1) is 6.59. The van der Waals surface area contributed by atoms with Gasteiger partial charge < -0.3 is 5.73 Å². The largest absolute Gasteiger partial charge is 0.384 e. The Balaban J connectivity index is 2.95. The lowest BCUT2D eigenvalue weighted by atomic mass is 10.3. The van der Waals surface area contributed by atoms with Crippen LogP contribution in [0.15, 0.2) is 29.0 Å². The van der Waals surface area contributed by atoms with Crippen molar-refractivity contribution in [2.75, 3.05) is 5.73 Å². The van der Waals surface area contributed by atoms with Gasteiger partial charge in [-0.15, -0.1) is 0 Å². The summed E-state index contributed by atoms with van der Waals surface area (Å²) in [7, 11) is 0. The molecule has 0 aliphatic heterocycles. The summed E-state index contributed by atoms with van der Waals surface area (Å²) in [5, 5.41) is 0. The van der Waals surface area contributed by atoms with Gasteiger partial charge in [0.2, 0.25) is 0 Å². The van der Waals surface area contributed by atoms with Crippen molar-refractivity contribution in [1.29, 1.82) is 0 Å². The number of nitrogens with zero attached hydrogens (tertiary/aromatic N) is 3. The Kier molecular flexibility index (Phi) is 3.34.